The van der Waals surface area contributed by atoms with Crippen molar-refractivity contribution in [1.29, 1.82) is 0 Å². The molecule has 0 bridgehead atoms. The van der Waals surface area contributed by atoms with Crippen LogP contribution in [0.2, 0.25) is 0 Å². The van der Waals surface area contributed by atoms with E-state index in [0.717, 1.165) is 44.7 Å². The number of carboxylic acids is 2. The maximum Gasteiger partial charge on any atom is 0.317 e. The molecule has 0 aliphatic carbocycles. The van der Waals surface area contributed by atoms with Gasteiger partial charge < -0.3 is 31.1 Å². The maximum absolute atomic E-state index is 13.1. The molecule has 0 unspecified atom stereocenters. The average Bonchev–Trinajstić information content (AvgIpc) is 2.91. The Balaban J connectivity index is 1.39. The Bertz CT molecular complexity index is 1030. The predicted molar refractivity (Wildman–Crippen MR) is 147 cm³/mol. The summed E-state index contributed by atoms with van der Waals surface area (Å²) in [5.74, 6) is -1.99. The minimum absolute atomic E-state index is 0.0173. The Morgan fingerprint density at radius 2 is 1.38 bits per heavy atom. The largest absolute Gasteiger partial charge is 0.480 e. The van der Waals surface area contributed by atoms with E-state index in [-0.39, 0.29) is 36.7 Å². The zero-order valence-corrected chi connectivity index (χ0v) is 22.4. The quantitative estimate of drug-likeness (QED) is 0.288. The Kier molecular flexibility index (Phi) is 10.1. The summed E-state index contributed by atoms with van der Waals surface area (Å²) >= 11 is 0. The summed E-state index contributed by atoms with van der Waals surface area (Å²) in [4.78, 5) is 54.1. The van der Waals surface area contributed by atoms with Crippen LogP contribution >= 0.6 is 0 Å². The highest BCUT2D eigenvalue weighted by atomic mass is 16.4. The van der Waals surface area contributed by atoms with Gasteiger partial charge in [0.15, 0.2) is 0 Å². The van der Waals surface area contributed by atoms with Crippen molar-refractivity contribution >= 4 is 40.8 Å². The number of anilines is 3. The van der Waals surface area contributed by atoms with E-state index in [1.807, 2.05) is 28.0 Å². The minimum Gasteiger partial charge on any atom is -0.480 e. The fraction of sp³-hybridized carbons (Fsp3) is 0.630. The van der Waals surface area contributed by atoms with Gasteiger partial charge in [0.25, 0.3) is 0 Å². The summed E-state index contributed by atoms with van der Waals surface area (Å²) in [5.41, 5.74) is 2.10. The first-order valence-electron chi connectivity index (χ1n) is 13.9. The van der Waals surface area contributed by atoms with Crippen LogP contribution in [-0.2, 0) is 19.2 Å². The van der Waals surface area contributed by atoms with Gasteiger partial charge in [0.05, 0.1) is 24.5 Å². The van der Waals surface area contributed by atoms with Gasteiger partial charge in [-0.05, 0) is 76.0 Å². The number of carboxylic acid groups (broad SMARTS) is 2. The Labute approximate surface area is 228 Å². The second-order valence-electron chi connectivity index (χ2n) is 10.8. The summed E-state index contributed by atoms with van der Waals surface area (Å²) in [5, 5.41) is 27.4. The lowest BCUT2D eigenvalue weighted by atomic mass is 9.93. The highest BCUT2D eigenvalue weighted by Gasteiger charge is 2.27. The summed E-state index contributed by atoms with van der Waals surface area (Å²) in [6, 6.07) is 5.73. The molecule has 3 aliphatic rings. The zero-order chi connectivity index (χ0) is 27.8. The normalized spacial score (nSPS) is 19.9. The maximum atomic E-state index is 13.1. The Morgan fingerprint density at radius 3 is 1.97 bits per heavy atom. The molecule has 12 heteroatoms. The van der Waals surface area contributed by atoms with Gasteiger partial charge in [0.1, 0.15) is 0 Å². The van der Waals surface area contributed by atoms with Crippen LogP contribution in [0.4, 0.5) is 17.1 Å². The molecular weight excluding hydrogens is 504 g/mol. The molecule has 214 valence electrons. The number of amides is 2. The van der Waals surface area contributed by atoms with Crippen LogP contribution in [0.15, 0.2) is 18.2 Å². The number of aliphatic carboxylic acids is 2. The molecule has 3 heterocycles. The first-order valence-corrected chi connectivity index (χ1v) is 13.9. The standard InChI is InChI=1S/C27H40N6O6/c34-24(15-19-3-9-31(10-4-19)17-25(35)36)29-23-16-21(33-13-7-28-8-14-33)1-2-22(23)30-27(39)20-5-11-32(12-6-20)18-26(37)38/h1-2,16,19-20,28H,3-15,17-18H2,(H,29,34)(H,30,39)(H,35,36)(H,37,38). The molecule has 3 fully saturated rings. The van der Waals surface area contributed by atoms with E-state index >= 15 is 0 Å². The van der Waals surface area contributed by atoms with Crippen molar-refractivity contribution in [3.8, 4) is 0 Å². The first-order chi connectivity index (χ1) is 18.8. The van der Waals surface area contributed by atoms with Crippen molar-refractivity contribution in [2.75, 3.05) is 81.0 Å². The molecule has 0 radical (unpaired) electrons. The minimum atomic E-state index is -0.867. The number of benzene rings is 1. The molecule has 0 aromatic heterocycles. The van der Waals surface area contributed by atoms with Gasteiger partial charge in [-0.15, -0.1) is 0 Å². The van der Waals surface area contributed by atoms with Gasteiger partial charge in [0.2, 0.25) is 11.8 Å². The van der Waals surface area contributed by atoms with Crippen LogP contribution in [0.25, 0.3) is 0 Å². The Morgan fingerprint density at radius 1 is 0.795 bits per heavy atom. The lowest BCUT2D eigenvalue weighted by molar-refractivity contribution is -0.139. The molecule has 12 nitrogen and oxygen atoms in total. The highest BCUT2D eigenvalue weighted by Crippen LogP contribution is 2.31. The van der Waals surface area contributed by atoms with Crippen molar-refractivity contribution in [3.63, 3.8) is 0 Å². The molecule has 5 N–H and O–H groups in total. The molecule has 39 heavy (non-hydrogen) atoms. The molecule has 0 saturated carbocycles. The van der Waals surface area contributed by atoms with Crippen molar-refractivity contribution in [2.24, 2.45) is 11.8 Å². The predicted octanol–water partition coefficient (Wildman–Crippen LogP) is 0.957. The van der Waals surface area contributed by atoms with E-state index in [2.05, 4.69) is 20.9 Å². The first kappa shape index (κ1) is 28.8. The second kappa shape index (κ2) is 13.7. The third-order valence-corrected chi connectivity index (χ3v) is 7.87. The summed E-state index contributed by atoms with van der Waals surface area (Å²) in [6.07, 6.45) is 3.05. The smallest absolute Gasteiger partial charge is 0.317 e. The molecule has 0 atom stereocenters. The van der Waals surface area contributed by atoms with Crippen LogP contribution in [0.3, 0.4) is 0 Å². The molecule has 3 aliphatic heterocycles. The third kappa shape index (κ3) is 8.64. The fourth-order valence-corrected chi connectivity index (χ4v) is 5.65. The van der Waals surface area contributed by atoms with Crippen molar-refractivity contribution in [1.82, 2.24) is 15.1 Å². The molecule has 4 rings (SSSR count). The fourth-order valence-electron chi connectivity index (χ4n) is 5.65. The van der Waals surface area contributed by atoms with E-state index in [4.69, 9.17) is 10.2 Å². The SMILES string of the molecule is O=C(O)CN1CCC(CC(=O)Nc2cc(N3CCNCC3)ccc2NC(=O)C2CCN(CC(=O)O)CC2)CC1. The monoisotopic (exact) mass is 544 g/mol. The number of hydrogen-bond donors (Lipinski definition) is 5. The third-order valence-electron chi connectivity index (χ3n) is 7.87. The van der Waals surface area contributed by atoms with Crippen molar-refractivity contribution in [3.05, 3.63) is 18.2 Å². The van der Waals surface area contributed by atoms with E-state index in [1.54, 1.807) is 0 Å². The summed E-state index contributed by atoms with van der Waals surface area (Å²) < 4.78 is 0. The van der Waals surface area contributed by atoms with E-state index in [1.165, 1.54) is 0 Å². The van der Waals surface area contributed by atoms with Crippen molar-refractivity contribution in [2.45, 2.75) is 32.1 Å². The zero-order valence-electron chi connectivity index (χ0n) is 22.4. The van der Waals surface area contributed by atoms with Crippen LogP contribution in [0.1, 0.15) is 32.1 Å². The molecule has 3 saturated heterocycles. The van der Waals surface area contributed by atoms with Gasteiger partial charge in [-0.2, -0.15) is 0 Å². The summed E-state index contributed by atoms with van der Waals surface area (Å²) in [7, 11) is 0. The second-order valence-corrected chi connectivity index (χ2v) is 10.8. The van der Waals surface area contributed by atoms with Crippen LogP contribution in [-0.4, -0.2) is 109 Å². The molecule has 1 aromatic carbocycles. The lowest BCUT2D eigenvalue weighted by Crippen LogP contribution is -2.43. The van der Waals surface area contributed by atoms with Crippen LogP contribution in [0.5, 0.6) is 0 Å². The number of nitrogens with one attached hydrogen (secondary N) is 3. The van der Waals surface area contributed by atoms with Gasteiger partial charge in [-0.25, -0.2) is 0 Å². The number of rotatable bonds is 10. The number of likely N-dealkylation sites (tertiary alicyclic amines) is 2. The van der Waals surface area contributed by atoms with Crippen LogP contribution < -0.4 is 20.9 Å². The van der Waals surface area contributed by atoms with Crippen LogP contribution in [0, 0.1) is 11.8 Å². The number of piperazine rings is 1. The molecular formula is C27H40N6O6. The average molecular weight is 545 g/mol. The number of carbonyl (C=O) groups excluding carboxylic acids is 2. The van der Waals surface area contributed by atoms with Gasteiger partial charge >= 0.3 is 11.9 Å². The number of carbonyl (C=O) groups is 4. The molecule has 2 amide bonds. The van der Waals surface area contributed by atoms with Gasteiger partial charge in [0, 0.05) is 44.2 Å². The summed E-state index contributed by atoms with van der Waals surface area (Å²) in [6.45, 7) is 5.90. The molecule has 0 spiro atoms. The Hall–Kier alpha value is -3.22. The molecule has 1 aromatic rings. The van der Waals surface area contributed by atoms with Gasteiger partial charge in [-0.1, -0.05) is 0 Å². The number of nitrogens with zero attached hydrogens (tertiary/aromatic N) is 3. The van der Waals surface area contributed by atoms with E-state index < -0.39 is 11.9 Å². The van der Waals surface area contributed by atoms with E-state index in [9.17, 15) is 19.2 Å². The highest BCUT2D eigenvalue weighted by molar-refractivity contribution is 6.01. The van der Waals surface area contributed by atoms with Gasteiger partial charge in [-0.3, -0.25) is 29.0 Å². The number of piperidine rings is 2. The van der Waals surface area contributed by atoms with Crippen molar-refractivity contribution < 1.29 is 29.4 Å². The topological polar surface area (TPSA) is 155 Å². The lowest BCUT2D eigenvalue weighted by Gasteiger charge is -2.31. The number of hydrogen-bond acceptors (Lipinski definition) is 8. The van der Waals surface area contributed by atoms with E-state index in [0.29, 0.717) is 56.8 Å².